The van der Waals surface area contributed by atoms with Crippen LogP contribution in [0.4, 0.5) is 4.79 Å². The highest BCUT2D eigenvalue weighted by Gasteiger charge is 2.33. The molecule has 2 atom stereocenters. The standard InChI is InChI=1S/C14H27NO2/c1-6-8-12-10-7-9-11(2)15(12)13(16)17-14(3,4)5/h11-12H,6-10H2,1-5H3/t11-,12+/m1/s1. The summed E-state index contributed by atoms with van der Waals surface area (Å²) in [6, 6.07) is 0.689. The van der Waals surface area contributed by atoms with Crippen LogP contribution in [0.3, 0.4) is 0 Å². The van der Waals surface area contributed by atoms with Crippen molar-refractivity contribution in [2.45, 2.75) is 84.4 Å². The molecule has 0 aromatic carbocycles. The molecule has 1 aliphatic rings. The van der Waals surface area contributed by atoms with E-state index in [9.17, 15) is 4.79 Å². The van der Waals surface area contributed by atoms with Gasteiger partial charge in [-0.15, -0.1) is 0 Å². The van der Waals surface area contributed by atoms with Gasteiger partial charge < -0.3 is 9.64 Å². The predicted molar refractivity (Wildman–Crippen MR) is 70.1 cm³/mol. The summed E-state index contributed by atoms with van der Waals surface area (Å²) >= 11 is 0. The SMILES string of the molecule is CCC[C@H]1CCC[C@@H](C)N1C(=O)OC(C)(C)C. The third kappa shape index (κ3) is 4.21. The summed E-state index contributed by atoms with van der Waals surface area (Å²) < 4.78 is 5.51. The van der Waals surface area contributed by atoms with Crippen LogP contribution in [0.25, 0.3) is 0 Å². The molecule has 0 aromatic heterocycles. The predicted octanol–water partition coefficient (Wildman–Crippen LogP) is 3.96. The Bertz CT molecular complexity index is 255. The molecule has 3 nitrogen and oxygen atoms in total. The van der Waals surface area contributed by atoms with Crippen molar-refractivity contribution < 1.29 is 9.53 Å². The van der Waals surface area contributed by atoms with Gasteiger partial charge in [0.1, 0.15) is 5.60 Å². The van der Waals surface area contributed by atoms with E-state index in [1.54, 1.807) is 0 Å². The first-order valence-electron chi connectivity index (χ1n) is 6.86. The summed E-state index contributed by atoms with van der Waals surface area (Å²) in [5.74, 6) is 0. The average Bonchev–Trinajstić information content (AvgIpc) is 2.15. The van der Waals surface area contributed by atoms with Gasteiger partial charge in [0.15, 0.2) is 0 Å². The second-order valence-corrected chi connectivity index (χ2v) is 6.11. The van der Waals surface area contributed by atoms with Gasteiger partial charge in [-0.25, -0.2) is 4.79 Å². The Hall–Kier alpha value is -0.730. The zero-order valence-corrected chi connectivity index (χ0v) is 12.0. The molecule has 3 heteroatoms. The van der Waals surface area contributed by atoms with Crippen molar-refractivity contribution in [3.8, 4) is 0 Å². The van der Waals surface area contributed by atoms with Gasteiger partial charge in [0.05, 0.1) is 0 Å². The average molecular weight is 241 g/mol. The summed E-state index contributed by atoms with van der Waals surface area (Å²) in [4.78, 5) is 14.2. The van der Waals surface area contributed by atoms with Crippen molar-refractivity contribution in [3.63, 3.8) is 0 Å². The van der Waals surface area contributed by atoms with Gasteiger partial charge in [-0.05, 0) is 53.4 Å². The number of rotatable bonds is 2. The van der Waals surface area contributed by atoms with E-state index in [0.717, 1.165) is 25.7 Å². The minimum absolute atomic E-state index is 0.136. The largest absolute Gasteiger partial charge is 0.444 e. The fourth-order valence-electron chi connectivity index (χ4n) is 2.55. The van der Waals surface area contributed by atoms with E-state index in [1.165, 1.54) is 6.42 Å². The van der Waals surface area contributed by atoms with Crippen LogP contribution in [0.2, 0.25) is 0 Å². The number of carbonyl (C=O) groups is 1. The summed E-state index contributed by atoms with van der Waals surface area (Å²) in [5, 5.41) is 0. The summed E-state index contributed by atoms with van der Waals surface area (Å²) in [7, 11) is 0. The Kier molecular flexibility index (Phi) is 4.84. The van der Waals surface area contributed by atoms with Crippen LogP contribution < -0.4 is 0 Å². The van der Waals surface area contributed by atoms with E-state index in [-0.39, 0.29) is 6.09 Å². The van der Waals surface area contributed by atoms with E-state index in [1.807, 2.05) is 25.7 Å². The maximum absolute atomic E-state index is 12.2. The first-order chi connectivity index (χ1) is 7.85. The van der Waals surface area contributed by atoms with Crippen LogP contribution in [-0.2, 0) is 4.74 Å². The lowest BCUT2D eigenvalue weighted by Gasteiger charge is -2.41. The van der Waals surface area contributed by atoms with Crippen LogP contribution in [0.15, 0.2) is 0 Å². The molecule has 0 aromatic rings. The van der Waals surface area contributed by atoms with Gasteiger partial charge in [0.2, 0.25) is 0 Å². The monoisotopic (exact) mass is 241 g/mol. The first kappa shape index (κ1) is 14.3. The number of piperidine rings is 1. The molecule has 0 unspecified atom stereocenters. The van der Waals surface area contributed by atoms with Crippen LogP contribution in [0.5, 0.6) is 0 Å². The molecule has 0 bridgehead atoms. The molecule has 1 fully saturated rings. The molecule has 0 spiro atoms. The second kappa shape index (κ2) is 5.74. The zero-order chi connectivity index (χ0) is 13.1. The van der Waals surface area contributed by atoms with E-state index >= 15 is 0 Å². The number of amides is 1. The third-order valence-corrected chi connectivity index (χ3v) is 3.25. The molecule has 0 saturated carbocycles. The summed E-state index contributed by atoms with van der Waals surface area (Å²) in [6.45, 7) is 10.1. The molecular weight excluding hydrogens is 214 g/mol. The highest BCUT2D eigenvalue weighted by molar-refractivity contribution is 5.69. The third-order valence-electron chi connectivity index (χ3n) is 3.25. The minimum Gasteiger partial charge on any atom is -0.444 e. The van der Waals surface area contributed by atoms with Gasteiger partial charge in [-0.1, -0.05) is 13.3 Å². The molecule has 0 aliphatic carbocycles. The zero-order valence-electron chi connectivity index (χ0n) is 12.0. The van der Waals surface area contributed by atoms with Crippen LogP contribution in [0, 0.1) is 0 Å². The molecule has 100 valence electrons. The lowest BCUT2D eigenvalue weighted by atomic mass is 9.94. The van der Waals surface area contributed by atoms with Gasteiger partial charge in [-0.3, -0.25) is 0 Å². The maximum atomic E-state index is 12.2. The number of hydrogen-bond acceptors (Lipinski definition) is 2. The van der Waals surface area contributed by atoms with Crippen molar-refractivity contribution >= 4 is 6.09 Å². The molecule has 1 rings (SSSR count). The minimum atomic E-state index is -0.398. The lowest BCUT2D eigenvalue weighted by Crippen LogP contribution is -2.50. The van der Waals surface area contributed by atoms with Gasteiger partial charge in [-0.2, -0.15) is 0 Å². The van der Waals surface area contributed by atoms with Crippen LogP contribution in [0.1, 0.15) is 66.7 Å². The van der Waals surface area contributed by atoms with Gasteiger partial charge in [0, 0.05) is 12.1 Å². The maximum Gasteiger partial charge on any atom is 0.410 e. The summed E-state index contributed by atoms with van der Waals surface area (Å²) in [5.41, 5.74) is -0.398. The van der Waals surface area contributed by atoms with Crippen molar-refractivity contribution in [2.24, 2.45) is 0 Å². The topological polar surface area (TPSA) is 29.5 Å². The van der Waals surface area contributed by atoms with Gasteiger partial charge >= 0.3 is 6.09 Å². The number of carbonyl (C=O) groups excluding carboxylic acids is 1. The Balaban J connectivity index is 2.70. The fourth-order valence-corrected chi connectivity index (χ4v) is 2.55. The van der Waals surface area contributed by atoms with Crippen molar-refractivity contribution in [3.05, 3.63) is 0 Å². The number of nitrogens with zero attached hydrogens (tertiary/aromatic N) is 1. The molecule has 1 heterocycles. The first-order valence-corrected chi connectivity index (χ1v) is 6.86. The lowest BCUT2D eigenvalue weighted by molar-refractivity contribution is -0.00403. The highest BCUT2D eigenvalue weighted by atomic mass is 16.6. The Labute approximate surface area is 106 Å². The van der Waals surface area contributed by atoms with Crippen molar-refractivity contribution in [1.82, 2.24) is 4.90 Å². The van der Waals surface area contributed by atoms with Crippen molar-refractivity contribution in [2.75, 3.05) is 0 Å². The smallest absolute Gasteiger partial charge is 0.410 e. The molecular formula is C14H27NO2. The number of likely N-dealkylation sites (tertiary alicyclic amines) is 1. The van der Waals surface area contributed by atoms with E-state index in [2.05, 4.69) is 13.8 Å². The normalized spacial score (nSPS) is 25.8. The molecule has 0 radical (unpaired) electrons. The molecule has 1 aliphatic heterocycles. The highest BCUT2D eigenvalue weighted by Crippen LogP contribution is 2.27. The molecule has 0 N–H and O–H groups in total. The van der Waals surface area contributed by atoms with Crippen molar-refractivity contribution in [1.29, 1.82) is 0 Å². The van der Waals surface area contributed by atoms with E-state index < -0.39 is 5.60 Å². The Morgan fingerprint density at radius 1 is 1.35 bits per heavy atom. The Morgan fingerprint density at radius 2 is 2.00 bits per heavy atom. The van der Waals surface area contributed by atoms with Gasteiger partial charge in [0.25, 0.3) is 0 Å². The molecule has 17 heavy (non-hydrogen) atoms. The summed E-state index contributed by atoms with van der Waals surface area (Å²) in [6.07, 6.45) is 5.52. The fraction of sp³-hybridized carbons (Fsp3) is 0.929. The number of hydrogen-bond donors (Lipinski definition) is 0. The number of ether oxygens (including phenoxy) is 1. The van der Waals surface area contributed by atoms with Crippen LogP contribution >= 0.6 is 0 Å². The Morgan fingerprint density at radius 3 is 2.53 bits per heavy atom. The quantitative estimate of drug-likeness (QED) is 0.732. The molecule has 1 amide bonds. The van der Waals surface area contributed by atoms with E-state index in [4.69, 9.17) is 4.74 Å². The molecule has 1 saturated heterocycles. The second-order valence-electron chi connectivity index (χ2n) is 6.11. The van der Waals surface area contributed by atoms with E-state index in [0.29, 0.717) is 12.1 Å². The van der Waals surface area contributed by atoms with Crippen LogP contribution in [-0.4, -0.2) is 28.7 Å².